The zero-order chi connectivity index (χ0) is 10.6. The van der Waals surface area contributed by atoms with Crippen LogP contribution in [0.5, 0.6) is 0 Å². The lowest BCUT2D eigenvalue weighted by atomic mass is 10.1. The number of nitrogens with zero attached hydrogens (tertiary/aromatic N) is 2. The van der Waals surface area contributed by atoms with Gasteiger partial charge in [-0.2, -0.15) is 0 Å². The normalized spacial score (nSPS) is 15.4. The highest BCUT2D eigenvalue weighted by molar-refractivity contribution is 5.04. The zero-order valence-electron chi connectivity index (χ0n) is 9.40. The molecular formula is C11H21N3. The third-order valence-corrected chi connectivity index (χ3v) is 2.65. The highest BCUT2D eigenvalue weighted by Crippen LogP contribution is 2.22. The predicted molar refractivity (Wildman–Crippen MR) is 59.1 cm³/mol. The SMILES string of the molecule is CCCC(CC)n1cncc1[C@@H](C)N. The van der Waals surface area contributed by atoms with E-state index in [1.165, 1.54) is 12.8 Å². The van der Waals surface area contributed by atoms with Crippen LogP contribution in [-0.4, -0.2) is 9.55 Å². The Hall–Kier alpha value is -0.830. The zero-order valence-corrected chi connectivity index (χ0v) is 9.40. The van der Waals surface area contributed by atoms with Crippen molar-refractivity contribution in [2.24, 2.45) is 5.73 Å². The Labute approximate surface area is 86.3 Å². The topological polar surface area (TPSA) is 43.8 Å². The maximum absolute atomic E-state index is 5.89. The van der Waals surface area contributed by atoms with E-state index in [0.717, 1.165) is 12.1 Å². The lowest BCUT2D eigenvalue weighted by Crippen LogP contribution is -2.16. The standard InChI is InChI=1S/C11H21N3/c1-4-6-10(5-2)14-8-13-7-11(14)9(3)12/h7-10H,4-6,12H2,1-3H3/t9-,10?/m1/s1. The van der Waals surface area contributed by atoms with Gasteiger partial charge in [0.05, 0.1) is 12.0 Å². The fourth-order valence-corrected chi connectivity index (χ4v) is 1.85. The van der Waals surface area contributed by atoms with Gasteiger partial charge in [0, 0.05) is 18.3 Å². The highest BCUT2D eigenvalue weighted by atomic mass is 15.1. The van der Waals surface area contributed by atoms with Crippen molar-refractivity contribution < 1.29 is 0 Å². The van der Waals surface area contributed by atoms with Crippen LogP contribution in [-0.2, 0) is 0 Å². The average molecular weight is 195 g/mol. The van der Waals surface area contributed by atoms with Crippen LogP contribution in [0.15, 0.2) is 12.5 Å². The lowest BCUT2D eigenvalue weighted by Gasteiger charge is -2.20. The van der Waals surface area contributed by atoms with Gasteiger partial charge in [0.2, 0.25) is 0 Å². The molecule has 0 bridgehead atoms. The number of rotatable bonds is 5. The molecule has 2 N–H and O–H groups in total. The summed E-state index contributed by atoms with van der Waals surface area (Å²) in [6, 6.07) is 0.631. The molecule has 0 spiro atoms. The van der Waals surface area contributed by atoms with Crippen molar-refractivity contribution >= 4 is 0 Å². The maximum Gasteiger partial charge on any atom is 0.0951 e. The van der Waals surface area contributed by atoms with E-state index in [0.29, 0.717) is 6.04 Å². The van der Waals surface area contributed by atoms with Crippen LogP contribution >= 0.6 is 0 Å². The molecule has 1 heterocycles. The molecule has 0 aliphatic carbocycles. The molecule has 80 valence electrons. The van der Waals surface area contributed by atoms with E-state index in [2.05, 4.69) is 23.4 Å². The Balaban J connectivity index is 2.86. The van der Waals surface area contributed by atoms with Gasteiger partial charge in [-0.15, -0.1) is 0 Å². The van der Waals surface area contributed by atoms with Gasteiger partial charge in [-0.25, -0.2) is 4.98 Å². The fraction of sp³-hybridized carbons (Fsp3) is 0.727. The largest absolute Gasteiger partial charge is 0.330 e. The molecule has 1 rings (SSSR count). The first-order valence-electron chi connectivity index (χ1n) is 5.48. The van der Waals surface area contributed by atoms with Crippen molar-refractivity contribution in [3.8, 4) is 0 Å². The first-order valence-corrected chi connectivity index (χ1v) is 5.48. The molecule has 0 saturated carbocycles. The van der Waals surface area contributed by atoms with Gasteiger partial charge in [-0.05, 0) is 19.8 Å². The van der Waals surface area contributed by atoms with Crippen molar-refractivity contribution in [3.05, 3.63) is 18.2 Å². The Kier molecular flexibility index (Phi) is 4.14. The van der Waals surface area contributed by atoms with Gasteiger partial charge in [0.1, 0.15) is 0 Å². The summed E-state index contributed by atoms with van der Waals surface area (Å²) >= 11 is 0. The Morgan fingerprint density at radius 2 is 2.21 bits per heavy atom. The summed E-state index contributed by atoms with van der Waals surface area (Å²) in [5.41, 5.74) is 7.03. The van der Waals surface area contributed by atoms with Crippen molar-refractivity contribution in [1.82, 2.24) is 9.55 Å². The Morgan fingerprint density at radius 1 is 1.50 bits per heavy atom. The Morgan fingerprint density at radius 3 is 2.71 bits per heavy atom. The van der Waals surface area contributed by atoms with Gasteiger partial charge in [0.15, 0.2) is 0 Å². The summed E-state index contributed by atoms with van der Waals surface area (Å²) < 4.78 is 2.23. The first-order chi connectivity index (χ1) is 6.70. The summed E-state index contributed by atoms with van der Waals surface area (Å²) in [5.74, 6) is 0. The average Bonchev–Trinajstić information content (AvgIpc) is 2.62. The predicted octanol–water partition coefficient (Wildman–Crippen LogP) is 2.65. The molecule has 0 saturated heterocycles. The van der Waals surface area contributed by atoms with Gasteiger partial charge in [0.25, 0.3) is 0 Å². The second-order valence-electron chi connectivity index (χ2n) is 3.87. The van der Waals surface area contributed by atoms with Crippen LogP contribution in [0.1, 0.15) is 57.8 Å². The van der Waals surface area contributed by atoms with Crippen LogP contribution in [0.25, 0.3) is 0 Å². The molecule has 0 aliphatic rings. The fourth-order valence-electron chi connectivity index (χ4n) is 1.85. The first kappa shape index (κ1) is 11.2. The van der Waals surface area contributed by atoms with Gasteiger partial charge in [-0.1, -0.05) is 20.3 Å². The molecule has 0 radical (unpaired) electrons. The van der Waals surface area contributed by atoms with E-state index in [4.69, 9.17) is 5.73 Å². The van der Waals surface area contributed by atoms with E-state index in [9.17, 15) is 0 Å². The minimum Gasteiger partial charge on any atom is -0.330 e. The molecule has 0 aromatic carbocycles. The number of imidazole rings is 1. The Bertz CT molecular complexity index is 265. The molecule has 1 unspecified atom stereocenters. The van der Waals surface area contributed by atoms with E-state index in [1.54, 1.807) is 0 Å². The molecule has 1 aromatic rings. The lowest BCUT2D eigenvalue weighted by molar-refractivity contribution is 0.428. The number of hydrogen-bond donors (Lipinski definition) is 1. The van der Waals surface area contributed by atoms with E-state index in [1.807, 2.05) is 19.4 Å². The van der Waals surface area contributed by atoms with Crippen LogP contribution in [0.3, 0.4) is 0 Å². The molecule has 0 amide bonds. The van der Waals surface area contributed by atoms with Gasteiger partial charge in [-0.3, -0.25) is 0 Å². The van der Waals surface area contributed by atoms with E-state index >= 15 is 0 Å². The van der Waals surface area contributed by atoms with Crippen molar-refractivity contribution in [2.75, 3.05) is 0 Å². The monoisotopic (exact) mass is 195 g/mol. The van der Waals surface area contributed by atoms with Crippen molar-refractivity contribution in [2.45, 2.75) is 52.1 Å². The molecule has 3 nitrogen and oxygen atoms in total. The van der Waals surface area contributed by atoms with Crippen molar-refractivity contribution in [3.63, 3.8) is 0 Å². The van der Waals surface area contributed by atoms with Gasteiger partial charge >= 0.3 is 0 Å². The smallest absolute Gasteiger partial charge is 0.0951 e. The van der Waals surface area contributed by atoms with Gasteiger partial charge < -0.3 is 10.3 Å². The maximum atomic E-state index is 5.89. The number of aromatic nitrogens is 2. The van der Waals surface area contributed by atoms with Crippen LogP contribution in [0.2, 0.25) is 0 Å². The van der Waals surface area contributed by atoms with E-state index < -0.39 is 0 Å². The third kappa shape index (κ3) is 2.35. The second kappa shape index (κ2) is 5.15. The molecule has 1 aromatic heterocycles. The molecule has 3 heteroatoms. The number of nitrogens with two attached hydrogens (primary N) is 1. The minimum absolute atomic E-state index is 0.0726. The molecule has 2 atom stereocenters. The second-order valence-corrected chi connectivity index (χ2v) is 3.87. The molecule has 14 heavy (non-hydrogen) atoms. The summed E-state index contributed by atoms with van der Waals surface area (Å²) in [4.78, 5) is 4.18. The summed E-state index contributed by atoms with van der Waals surface area (Å²) in [6.45, 7) is 6.43. The van der Waals surface area contributed by atoms with Crippen LogP contribution < -0.4 is 5.73 Å². The summed E-state index contributed by atoms with van der Waals surface area (Å²) in [6.07, 6.45) is 7.33. The third-order valence-electron chi connectivity index (χ3n) is 2.65. The molecular weight excluding hydrogens is 174 g/mol. The van der Waals surface area contributed by atoms with Crippen LogP contribution in [0, 0.1) is 0 Å². The molecule has 0 fully saturated rings. The molecule has 0 aliphatic heterocycles. The van der Waals surface area contributed by atoms with Crippen molar-refractivity contribution in [1.29, 1.82) is 0 Å². The summed E-state index contributed by atoms with van der Waals surface area (Å²) in [5, 5.41) is 0. The van der Waals surface area contributed by atoms with Crippen LogP contribution in [0.4, 0.5) is 0 Å². The number of hydrogen-bond acceptors (Lipinski definition) is 2. The minimum atomic E-state index is 0.0726. The van der Waals surface area contributed by atoms with E-state index in [-0.39, 0.29) is 6.04 Å². The quantitative estimate of drug-likeness (QED) is 0.785. The summed E-state index contributed by atoms with van der Waals surface area (Å²) in [7, 11) is 0. The highest BCUT2D eigenvalue weighted by Gasteiger charge is 2.13.